The highest BCUT2D eigenvalue weighted by Crippen LogP contribution is 2.27. The van der Waals surface area contributed by atoms with Crippen LogP contribution in [0.4, 0.5) is 5.82 Å². The summed E-state index contributed by atoms with van der Waals surface area (Å²) in [7, 11) is 1.62. The summed E-state index contributed by atoms with van der Waals surface area (Å²) in [6, 6.07) is 12.8. The Labute approximate surface area is 176 Å². The minimum absolute atomic E-state index is 0.301. The van der Waals surface area contributed by atoms with Crippen molar-refractivity contribution in [1.82, 2.24) is 14.8 Å². The Hall–Kier alpha value is -3.35. The van der Waals surface area contributed by atoms with E-state index in [0.29, 0.717) is 29.8 Å². The Bertz CT molecular complexity index is 978. The summed E-state index contributed by atoms with van der Waals surface area (Å²) in [5.41, 5.74) is 1.14. The Morgan fingerprint density at radius 1 is 1.13 bits per heavy atom. The van der Waals surface area contributed by atoms with E-state index in [0.717, 1.165) is 11.4 Å². The first kappa shape index (κ1) is 19.9. The van der Waals surface area contributed by atoms with Crippen molar-refractivity contribution in [2.75, 3.05) is 19.0 Å². The van der Waals surface area contributed by atoms with Crippen LogP contribution in [0.15, 0.2) is 54.9 Å². The van der Waals surface area contributed by atoms with Gasteiger partial charge in [-0.3, -0.25) is 4.79 Å². The molecular weight excluding hydrogens is 380 g/mol. The predicted octanol–water partition coefficient (Wildman–Crippen LogP) is 4.49. The molecule has 0 bridgehead atoms. The highest BCUT2D eigenvalue weighted by molar-refractivity contribution is 6.03. The van der Waals surface area contributed by atoms with Gasteiger partial charge in [0.2, 0.25) is 0 Å². The number of nitrogens with one attached hydrogen (secondary N) is 1. The number of benzene rings is 1. The molecule has 2 heterocycles. The van der Waals surface area contributed by atoms with Crippen LogP contribution in [0.5, 0.6) is 11.5 Å². The van der Waals surface area contributed by atoms with E-state index in [-0.39, 0.29) is 5.91 Å². The Kier molecular flexibility index (Phi) is 6.27. The van der Waals surface area contributed by atoms with Gasteiger partial charge in [0.15, 0.2) is 17.3 Å². The van der Waals surface area contributed by atoms with Crippen LogP contribution < -0.4 is 14.8 Å². The molecule has 2 aromatic heterocycles. The lowest BCUT2D eigenvalue weighted by Crippen LogP contribution is -2.18. The zero-order valence-electron chi connectivity index (χ0n) is 17.1. The van der Waals surface area contributed by atoms with E-state index in [2.05, 4.69) is 15.4 Å². The monoisotopic (exact) mass is 406 g/mol. The first-order valence-corrected chi connectivity index (χ1v) is 10.3. The van der Waals surface area contributed by atoms with Crippen LogP contribution >= 0.6 is 0 Å². The maximum atomic E-state index is 12.7. The van der Waals surface area contributed by atoms with E-state index in [9.17, 15) is 4.79 Å². The van der Waals surface area contributed by atoms with E-state index in [1.165, 1.54) is 32.1 Å². The molecule has 1 aromatic carbocycles. The summed E-state index contributed by atoms with van der Waals surface area (Å²) in [5, 5.41) is 7.20. The van der Waals surface area contributed by atoms with Crippen molar-refractivity contribution >= 4 is 11.7 Å². The van der Waals surface area contributed by atoms with E-state index >= 15 is 0 Å². The van der Waals surface area contributed by atoms with Crippen molar-refractivity contribution in [3.63, 3.8) is 0 Å². The lowest BCUT2D eigenvalue weighted by Gasteiger charge is -2.22. The van der Waals surface area contributed by atoms with E-state index < -0.39 is 0 Å². The second-order valence-corrected chi connectivity index (χ2v) is 7.46. The summed E-state index contributed by atoms with van der Waals surface area (Å²) in [6.07, 6.45) is 9.63. The topological polar surface area (TPSA) is 78.3 Å². The van der Waals surface area contributed by atoms with E-state index in [4.69, 9.17) is 9.47 Å². The highest BCUT2D eigenvalue weighted by atomic mass is 16.5. The molecule has 1 fully saturated rings. The van der Waals surface area contributed by atoms with Crippen LogP contribution in [0.2, 0.25) is 0 Å². The number of anilines is 1. The Morgan fingerprint density at radius 2 is 1.93 bits per heavy atom. The number of hydrogen-bond donors (Lipinski definition) is 1. The zero-order chi connectivity index (χ0) is 20.8. The minimum Gasteiger partial charge on any atom is -0.497 e. The van der Waals surface area contributed by atoms with Gasteiger partial charge in [-0.2, -0.15) is 5.10 Å². The molecule has 0 aliphatic heterocycles. The fraction of sp³-hybridized carbons (Fsp3) is 0.348. The summed E-state index contributed by atoms with van der Waals surface area (Å²) in [4.78, 5) is 17.0. The molecule has 1 N–H and O–H groups in total. The number of ether oxygens (including phenoxy) is 2. The molecule has 156 valence electrons. The van der Waals surface area contributed by atoms with E-state index in [1.54, 1.807) is 30.3 Å². The average molecular weight is 406 g/mol. The normalized spacial score (nSPS) is 14.3. The lowest BCUT2D eigenvalue weighted by molar-refractivity contribution is 0.102. The van der Waals surface area contributed by atoms with Gasteiger partial charge in [-0.05, 0) is 61.2 Å². The summed E-state index contributed by atoms with van der Waals surface area (Å²) < 4.78 is 12.8. The maximum Gasteiger partial charge on any atom is 0.277 e. The van der Waals surface area contributed by atoms with Crippen LogP contribution in [0.1, 0.15) is 42.6 Å². The van der Waals surface area contributed by atoms with Gasteiger partial charge < -0.3 is 14.8 Å². The molecule has 0 radical (unpaired) electrons. The predicted molar refractivity (Wildman–Crippen MR) is 114 cm³/mol. The number of hydrogen-bond acceptors (Lipinski definition) is 5. The molecule has 7 nitrogen and oxygen atoms in total. The fourth-order valence-corrected chi connectivity index (χ4v) is 3.66. The molecule has 0 unspecified atom stereocenters. The van der Waals surface area contributed by atoms with Gasteiger partial charge in [0.25, 0.3) is 5.91 Å². The standard InChI is InChI=1S/C23H26N4O3/c1-29-19-11-9-18(10-12-19)27-15-13-20(26-27)23(28)25-22-21(8-5-14-24-22)30-16-17-6-3-2-4-7-17/h5,8-15,17H,2-4,6-7,16H2,1H3,(H,24,25,28). The molecule has 0 atom stereocenters. The summed E-state index contributed by atoms with van der Waals surface area (Å²) in [6.45, 7) is 0.653. The quantitative estimate of drug-likeness (QED) is 0.626. The van der Waals surface area contributed by atoms with Gasteiger partial charge in [0, 0.05) is 12.4 Å². The first-order valence-electron chi connectivity index (χ1n) is 10.3. The van der Waals surface area contributed by atoms with Gasteiger partial charge in [0.05, 0.1) is 19.4 Å². The number of carbonyl (C=O) groups is 1. The van der Waals surface area contributed by atoms with Crippen molar-refractivity contribution in [3.05, 3.63) is 60.6 Å². The minimum atomic E-state index is -0.330. The van der Waals surface area contributed by atoms with Crippen molar-refractivity contribution in [2.45, 2.75) is 32.1 Å². The third kappa shape index (κ3) is 4.79. The fourth-order valence-electron chi connectivity index (χ4n) is 3.66. The molecule has 1 aliphatic carbocycles. The SMILES string of the molecule is COc1ccc(-n2ccc(C(=O)Nc3ncccc3OCC3CCCCC3)n2)cc1. The van der Waals surface area contributed by atoms with Gasteiger partial charge in [-0.25, -0.2) is 9.67 Å². The molecule has 0 saturated heterocycles. The third-order valence-electron chi connectivity index (χ3n) is 5.36. The molecule has 30 heavy (non-hydrogen) atoms. The van der Waals surface area contributed by atoms with E-state index in [1.807, 2.05) is 36.4 Å². The van der Waals surface area contributed by atoms with Gasteiger partial charge in [-0.1, -0.05) is 19.3 Å². The van der Waals surface area contributed by atoms with Gasteiger partial charge >= 0.3 is 0 Å². The number of amides is 1. The molecule has 4 rings (SSSR count). The number of nitrogens with zero attached hydrogens (tertiary/aromatic N) is 3. The molecule has 1 aliphatic rings. The summed E-state index contributed by atoms with van der Waals surface area (Å²) >= 11 is 0. The smallest absolute Gasteiger partial charge is 0.277 e. The van der Waals surface area contributed by atoms with Crippen molar-refractivity contribution < 1.29 is 14.3 Å². The van der Waals surface area contributed by atoms with Gasteiger partial charge in [0.1, 0.15) is 5.75 Å². The molecular formula is C23H26N4O3. The molecule has 1 saturated carbocycles. The van der Waals surface area contributed by atoms with Crippen LogP contribution in [-0.2, 0) is 0 Å². The van der Waals surface area contributed by atoms with Gasteiger partial charge in [-0.15, -0.1) is 0 Å². The van der Waals surface area contributed by atoms with Crippen molar-refractivity contribution in [2.24, 2.45) is 5.92 Å². The number of carbonyl (C=O) groups excluding carboxylic acids is 1. The maximum absolute atomic E-state index is 12.7. The molecule has 0 spiro atoms. The van der Waals surface area contributed by atoms with Crippen LogP contribution in [0.25, 0.3) is 5.69 Å². The van der Waals surface area contributed by atoms with Crippen molar-refractivity contribution in [3.8, 4) is 17.2 Å². The molecule has 7 heteroatoms. The second-order valence-electron chi connectivity index (χ2n) is 7.46. The number of pyridine rings is 1. The highest BCUT2D eigenvalue weighted by Gasteiger charge is 2.17. The first-order chi connectivity index (χ1) is 14.7. The third-order valence-corrected chi connectivity index (χ3v) is 5.36. The largest absolute Gasteiger partial charge is 0.497 e. The number of methoxy groups -OCH3 is 1. The average Bonchev–Trinajstić information content (AvgIpc) is 3.30. The summed E-state index contributed by atoms with van der Waals surface area (Å²) in [5.74, 6) is 2.01. The molecule has 3 aromatic rings. The lowest BCUT2D eigenvalue weighted by atomic mass is 9.90. The van der Waals surface area contributed by atoms with Crippen LogP contribution in [-0.4, -0.2) is 34.4 Å². The number of aromatic nitrogens is 3. The Morgan fingerprint density at radius 3 is 2.70 bits per heavy atom. The zero-order valence-corrected chi connectivity index (χ0v) is 17.1. The second kappa shape index (κ2) is 9.43. The van der Waals surface area contributed by atoms with Crippen LogP contribution in [0.3, 0.4) is 0 Å². The van der Waals surface area contributed by atoms with Crippen molar-refractivity contribution in [1.29, 1.82) is 0 Å². The Balaban J connectivity index is 1.42. The molecule has 1 amide bonds. The van der Waals surface area contributed by atoms with Crippen LogP contribution in [0, 0.1) is 5.92 Å². The number of rotatable bonds is 7.